The topological polar surface area (TPSA) is 15.3 Å². The molecule has 0 amide bonds. The second-order valence-corrected chi connectivity index (χ2v) is 6.87. The summed E-state index contributed by atoms with van der Waals surface area (Å²) in [6, 6.07) is 0. The molecule has 2 heterocycles. The van der Waals surface area contributed by atoms with Crippen LogP contribution in [0.15, 0.2) is 22.5 Å². The largest absolute Gasteiger partial charge is 0.317 e. The maximum atomic E-state index is 3.44. The average molecular weight is 226 g/mol. The lowest BCUT2D eigenvalue weighted by molar-refractivity contribution is 0.449. The molecule has 2 aliphatic heterocycles. The summed E-state index contributed by atoms with van der Waals surface area (Å²) in [7, 11) is 4.33. The minimum atomic E-state index is 0.0575. The maximum Gasteiger partial charge on any atom is 0.0232 e. The van der Waals surface area contributed by atoms with Crippen molar-refractivity contribution in [3.8, 4) is 0 Å². The molecule has 2 rings (SSSR count). The van der Waals surface area contributed by atoms with E-state index in [0.717, 1.165) is 11.8 Å². The van der Waals surface area contributed by atoms with Crippen molar-refractivity contribution in [2.45, 2.75) is 18.1 Å². The van der Waals surface area contributed by atoms with Crippen LogP contribution in [0.5, 0.6) is 0 Å². The molecule has 1 fully saturated rings. The van der Waals surface area contributed by atoms with Crippen molar-refractivity contribution >= 4 is 10.9 Å². The van der Waals surface area contributed by atoms with E-state index in [9.17, 15) is 0 Å². The van der Waals surface area contributed by atoms with Crippen LogP contribution in [0.3, 0.4) is 0 Å². The molecule has 1 unspecified atom stereocenters. The van der Waals surface area contributed by atoms with Gasteiger partial charge in [0.15, 0.2) is 0 Å². The first-order chi connectivity index (χ1) is 7.25. The van der Waals surface area contributed by atoms with Crippen molar-refractivity contribution < 1.29 is 0 Å². The van der Waals surface area contributed by atoms with Crippen LogP contribution in [0.25, 0.3) is 0 Å². The van der Waals surface area contributed by atoms with E-state index in [1.54, 1.807) is 0 Å². The zero-order valence-electron chi connectivity index (χ0n) is 9.74. The van der Waals surface area contributed by atoms with Crippen LogP contribution in [0, 0.1) is 0 Å². The number of hydrogen-bond acceptors (Lipinski definition) is 2. The second kappa shape index (κ2) is 5.19. The van der Waals surface area contributed by atoms with Gasteiger partial charge in [0.05, 0.1) is 0 Å². The third-order valence-electron chi connectivity index (χ3n) is 3.00. The van der Waals surface area contributed by atoms with E-state index in [-0.39, 0.29) is 10.9 Å². The van der Waals surface area contributed by atoms with Gasteiger partial charge in [-0.15, -0.1) is 0 Å². The summed E-state index contributed by atoms with van der Waals surface area (Å²) in [6.07, 6.45) is 5.07. The van der Waals surface area contributed by atoms with Gasteiger partial charge in [0, 0.05) is 6.54 Å². The fourth-order valence-corrected chi connectivity index (χ4v) is 4.56. The number of thiol groups is 1. The van der Waals surface area contributed by atoms with Gasteiger partial charge in [-0.05, 0) is 61.7 Å². The zero-order valence-corrected chi connectivity index (χ0v) is 10.6. The van der Waals surface area contributed by atoms with Gasteiger partial charge < -0.3 is 10.2 Å². The lowest BCUT2D eigenvalue weighted by Gasteiger charge is -2.28. The minimum Gasteiger partial charge on any atom is -0.317 e. The first-order valence-corrected chi connectivity index (χ1v) is 7.32. The Morgan fingerprint density at radius 3 is 2.80 bits per heavy atom. The van der Waals surface area contributed by atoms with Crippen molar-refractivity contribution in [1.29, 1.82) is 0 Å². The normalized spacial score (nSPS) is 29.8. The molecular formula is C12H22N2S. The van der Waals surface area contributed by atoms with Crippen LogP contribution in [0.1, 0.15) is 12.8 Å². The van der Waals surface area contributed by atoms with Gasteiger partial charge in [0.25, 0.3) is 0 Å². The average Bonchev–Trinajstić information content (AvgIpc) is 2.67. The van der Waals surface area contributed by atoms with Crippen molar-refractivity contribution in [3.63, 3.8) is 0 Å². The third kappa shape index (κ3) is 3.10. The minimum absolute atomic E-state index is 0.0575. The van der Waals surface area contributed by atoms with E-state index in [1.165, 1.54) is 31.5 Å². The number of rotatable bonds is 3. The molecule has 86 valence electrons. The molecule has 1 saturated heterocycles. The van der Waals surface area contributed by atoms with E-state index in [2.05, 4.69) is 41.2 Å². The van der Waals surface area contributed by atoms with Gasteiger partial charge in [-0.1, -0.05) is 6.08 Å². The van der Waals surface area contributed by atoms with Crippen molar-refractivity contribution in [2.24, 2.45) is 0 Å². The van der Waals surface area contributed by atoms with E-state index < -0.39 is 0 Å². The Bertz CT molecular complexity index is 265. The van der Waals surface area contributed by atoms with Gasteiger partial charge in [-0.2, -0.15) is 0 Å². The monoisotopic (exact) mass is 226 g/mol. The molecule has 0 aromatic heterocycles. The molecule has 3 heteroatoms. The molecule has 0 saturated carbocycles. The Hall–Kier alpha value is -0.250. The fourth-order valence-electron chi connectivity index (χ4n) is 2.25. The predicted molar refractivity (Wildman–Crippen MR) is 70.7 cm³/mol. The van der Waals surface area contributed by atoms with Crippen molar-refractivity contribution in [2.75, 3.05) is 33.7 Å². The van der Waals surface area contributed by atoms with Crippen LogP contribution in [-0.2, 0) is 0 Å². The van der Waals surface area contributed by atoms with Crippen molar-refractivity contribution in [1.82, 2.24) is 10.2 Å². The standard InChI is InChI=1S/C12H22N2S/c1-14(2)9-11-5-8-15(10-11)12-3-6-13-7-4-12/h5,8,10,12-13,15H,3-4,6-7,9H2,1-2H3. The van der Waals surface area contributed by atoms with Gasteiger partial charge in [-0.25, -0.2) is 10.9 Å². The molecule has 1 atom stereocenters. The molecule has 2 nitrogen and oxygen atoms in total. The maximum absolute atomic E-state index is 3.44. The molecule has 0 bridgehead atoms. The molecule has 0 aliphatic carbocycles. The second-order valence-electron chi connectivity index (χ2n) is 4.69. The van der Waals surface area contributed by atoms with Gasteiger partial charge >= 0.3 is 0 Å². The highest BCUT2D eigenvalue weighted by Crippen LogP contribution is 2.44. The first-order valence-electron chi connectivity index (χ1n) is 5.77. The molecule has 2 aliphatic rings. The highest BCUT2D eigenvalue weighted by molar-refractivity contribution is 8.22. The Labute approximate surface area is 95.8 Å². The summed E-state index contributed by atoms with van der Waals surface area (Å²) in [4.78, 5) is 2.25. The molecule has 0 aromatic rings. The van der Waals surface area contributed by atoms with E-state index in [1.807, 2.05) is 0 Å². The molecule has 0 radical (unpaired) electrons. The number of hydrogen-bond donors (Lipinski definition) is 2. The van der Waals surface area contributed by atoms with Crippen LogP contribution >= 0.6 is 10.9 Å². The van der Waals surface area contributed by atoms with Crippen molar-refractivity contribution in [3.05, 3.63) is 22.5 Å². The van der Waals surface area contributed by atoms with Crippen LogP contribution in [0.2, 0.25) is 0 Å². The summed E-state index contributed by atoms with van der Waals surface area (Å²) in [5, 5.41) is 9.38. The van der Waals surface area contributed by atoms with E-state index >= 15 is 0 Å². The summed E-state index contributed by atoms with van der Waals surface area (Å²) < 4.78 is 0. The lowest BCUT2D eigenvalue weighted by Crippen LogP contribution is -2.30. The summed E-state index contributed by atoms with van der Waals surface area (Å²) >= 11 is 0. The lowest BCUT2D eigenvalue weighted by atomic mass is 10.2. The quantitative estimate of drug-likeness (QED) is 0.712. The van der Waals surface area contributed by atoms with E-state index in [4.69, 9.17) is 0 Å². The van der Waals surface area contributed by atoms with Gasteiger partial charge in [0.2, 0.25) is 0 Å². The Kier molecular flexibility index (Phi) is 3.89. The van der Waals surface area contributed by atoms with Crippen LogP contribution in [0.4, 0.5) is 0 Å². The summed E-state index contributed by atoms with van der Waals surface area (Å²) in [5.74, 6) is 0. The molecule has 0 spiro atoms. The molecule has 1 N–H and O–H groups in total. The van der Waals surface area contributed by atoms with E-state index in [0.29, 0.717) is 0 Å². The Morgan fingerprint density at radius 1 is 1.40 bits per heavy atom. The Morgan fingerprint density at radius 2 is 2.13 bits per heavy atom. The predicted octanol–water partition coefficient (Wildman–Crippen LogP) is 1.71. The number of likely N-dealkylation sites (N-methyl/N-ethyl adjacent to an activating group) is 1. The highest BCUT2D eigenvalue weighted by Gasteiger charge is 2.19. The first kappa shape index (κ1) is 11.2. The summed E-state index contributed by atoms with van der Waals surface area (Å²) in [5.41, 5.74) is 1.52. The molecule has 0 aromatic carbocycles. The number of nitrogens with zero attached hydrogens (tertiary/aromatic N) is 1. The van der Waals surface area contributed by atoms with Gasteiger partial charge in [-0.3, -0.25) is 0 Å². The van der Waals surface area contributed by atoms with Crippen LogP contribution in [-0.4, -0.2) is 43.9 Å². The fraction of sp³-hybridized carbons (Fsp3) is 0.667. The Balaban J connectivity index is 1.90. The summed E-state index contributed by atoms with van der Waals surface area (Å²) in [6.45, 7) is 3.53. The molecular weight excluding hydrogens is 204 g/mol. The van der Waals surface area contributed by atoms with Crippen LogP contribution < -0.4 is 5.32 Å². The number of piperidine rings is 1. The SMILES string of the molecule is CN(C)CC1=C[SH](C2CCNCC2)C=C1. The van der Waals surface area contributed by atoms with Gasteiger partial charge in [0.1, 0.15) is 0 Å². The highest BCUT2D eigenvalue weighted by atomic mass is 32.2. The zero-order chi connectivity index (χ0) is 10.7. The third-order valence-corrected chi connectivity index (χ3v) is 5.49. The number of nitrogens with one attached hydrogen (secondary N) is 1. The molecule has 15 heavy (non-hydrogen) atoms. The smallest absolute Gasteiger partial charge is 0.0232 e.